The van der Waals surface area contributed by atoms with Crippen LogP contribution in [0, 0.1) is 0 Å². The maximum Gasteiger partial charge on any atom is 0.417 e. The maximum atomic E-state index is 13.5. The van der Waals surface area contributed by atoms with Crippen molar-refractivity contribution in [2.24, 2.45) is 7.05 Å². The molecular weight excluding hydrogens is 462 g/mol. The average Bonchev–Trinajstić information content (AvgIpc) is 3.16. The minimum Gasteiger partial charge on any atom is -0.348 e. The number of carbonyl (C=O) groups is 1. The Hall–Kier alpha value is -3.89. The number of aromatic nitrogens is 3. The molecule has 4 rings (SSSR count). The fraction of sp³-hybridized carbons (Fsp3) is 0.174. The van der Waals surface area contributed by atoms with E-state index in [0.717, 1.165) is 18.2 Å². The van der Waals surface area contributed by atoms with Gasteiger partial charge in [-0.1, -0.05) is 30.3 Å². The molecule has 0 unspecified atom stereocenters. The zero-order chi connectivity index (χ0) is 24.7. The fourth-order valence-electron chi connectivity index (χ4n) is 3.48. The maximum absolute atomic E-state index is 13.5. The van der Waals surface area contributed by atoms with Gasteiger partial charge in [0.2, 0.25) is 0 Å². The number of carbonyl (C=O) groups excluding carboxylic acids is 1. The Labute approximate surface area is 189 Å². The van der Waals surface area contributed by atoms with E-state index in [0.29, 0.717) is 10.9 Å². The highest BCUT2D eigenvalue weighted by molar-refractivity contribution is 6.06. The minimum absolute atomic E-state index is 0.0389. The van der Waals surface area contributed by atoms with Gasteiger partial charge in [0.05, 0.1) is 34.0 Å². The van der Waals surface area contributed by atoms with E-state index in [1.165, 1.54) is 47.3 Å². The number of benzene rings is 2. The molecule has 2 heterocycles. The van der Waals surface area contributed by atoms with Gasteiger partial charge in [0.1, 0.15) is 0 Å². The first kappa shape index (κ1) is 23.3. The third-order valence-electron chi connectivity index (χ3n) is 5.19. The van der Waals surface area contributed by atoms with Crippen LogP contribution in [-0.2, 0) is 25.9 Å². The normalized spacial score (nSPS) is 12.2. The molecule has 0 fully saturated rings. The van der Waals surface area contributed by atoms with Gasteiger partial charge in [-0.15, -0.1) is 0 Å². The topological polar surface area (TPSA) is 59.8 Å². The van der Waals surface area contributed by atoms with Crippen LogP contribution in [0.1, 0.15) is 27.0 Å². The van der Waals surface area contributed by atoms with Gasteiger partial charge in [0.25, 0.3) is 5.91 Å². The molecule has 34 heavy (non-hydrogen) atoms. The second kappa shape index (κ2) is 8.47. The minimum atomic E-state index is -4.63. The Bertz CT molecular complexity index is 1360. The van der Waals surface area contributed by atoms with E-state index in [2.05, 4.69) is 15.4 Å². The molecule has 2 aromatic carbocycles. The summed E-state index contributed by atoms with van der Waals surface area (Å²) < 4.78 is 80.2. The van der Waals surface area contributed by atoms with Crippen LogP contribution >= 0.6 is 0 Å². The summed E-state index contributed by atoms with van der Waals surface area (Å²) in [6, 6.07) is 10.4. The Morgan fingerprint density at radius 2 is 1.65 bits per heavy atom. The number of nitrogens with zero attached hydrogens (tertiary/aromatic N) is 3. The summed E-state index contributed by atoms with van der Waals surface area (Å²) in [6.07, 6.45) is -7.74. The van der Waals surface area contributed by atoms with Crippen LogP contribution in [0.5, 0.6) is 0 Å². The molecular formula is C23H16F6N4O. The van der Waals surface area contributed by atoms with Gasteiger partial charge in [-0.05, 0) is 29.8 Å². The van der Waals surface area contributed by atoms with E-state index in [1.54, 1.807) is 7.05 Å². The van der Waals surface area contributed by atoms with Gasteiger partial charge < -0.3 is 5.32 Å². The lowest BCUT2D eigenvalue weighted by Crippen LogP contribution is -2.23. The predicted octanol–water partition coefficient (Wildman–Crippen LogP) is 5.60. The van der Waals surface area contributed by atoms with Crippen LogP contribution in [0.3, 0.4) is 0 Å². The number of nitrogens with one attached hydrogen (secondary N) is 1. The Morgan fingerprint density at radius 1 is 0.971 bits per heavy atom. The standard InChI is InChI=1S/C23H16F6N4O/c1-33-20-17(12-31-33)16(10-19(32-20)15-4-2-3-5-18(15)23(27,28)29)21(34)30-11-13-6-8-14(9-7-13)22(24,25)26/h2-10,12H,11H2,1H3,(H,30,34). The van der Waals surface area contributed by atoms with Crippen molar-refractivity contribution < 1.29 is 31.1 Å². The average molecular weight is 478 g/mol. The number of hydrogen-bond acceptors (Lipinski definition) is 3. The first-order valence-corrected chi connectivity index (χ1v) is 9.89. The molecule has 0 radical (unpaired) electrons. The first-order valence-electron chi connectivity index (χ1n) is 9.89. The van der Waals surface area contributed by atoms with Gasteiger partial charge in [-0.2, -0.15) is 31.4 Å². The lowest BCUT2D eigenvalue weighted by atomic mass is 10.0. The van der Waals surface area contributed by atoms with E-state index in [9.17, 15) is 31.1 Å². The van der Waals surface area contributed by atoms with Gasteiger partial charge in [0.15, 0.2) is 5.65 Å². The smallest absolute Gasteiger partial charge is 0.348 e. The lowest BCUT2D eigenvalue weighted by Gasteiger charge is -2.14. The highest BCUT2D eigenvalue weighted by Gasteiger charge is 2.34. The Morgan fingerprint density at radius 3 is 2.29 bits per heavy atom. The van der Waals surface area contributed by atoms with Gasteiger partial charge in [0, 0.05) is 19.2 Å². The molecule has 0 saturated heterocycles. The van der Waals surface area contributed by atoms with E-state index in [1.807, 2.05) is 0 Å². The van der Waals surface area contributed by atoms with Crippen molar-refractivity contribution in [3.63, 3.8) is 0 Å². The van der Waals surface area contributed by atoms with Crippen LogP contribution in [0.25, 0.3) is 22.3 Å². The monoisotopic (exact) mass is 478 g/mol. The van der Waals surface area contributed by atoms with Crippen molar-refractivity contribution >= 4 is 16.9 Å². The van der Waals surface area contributed by atoms with Gasteiger partial charge in [-0.25, -0.2) is 4.98 Å². The summed E-state index contributed by atoms with van der Waals surface area (Å²) in [6.45, 7) is -0.0878. The summed E-state index contributed by atoms with van der Waals surface area (Å²) in [5.74, 6) is -0.633. The SMILES string of the molecule is Cn1ncc2c(C(=O)NCc3ccc(C(F)(F)F)cc3)cc(-c3ccccc3C(F)(F)F)nc21. The van der Waals surface area contributed by atoms with Crippen molar-refractivity contribution in [1.82, 2.24) is 20.1 Å². The molecule has 1 amide bonds. The number of amides is 1. The quantitative estimate of drug-likeness (QED) is 0.389. The summed E-state index contributed by atoms with van der Waals surface area (Å²) in [5.41, 5.74) is -1.33. The van der Waals surface area contributed by atoms with Crippen LogP contribution in [-0.4, -0.2) is 20.7 Å². The zero-order valence-electron chi connectivity index (χ0n) is 17.5. The van der Waals surface area contributed by atoms with E-state index >= 15 is 0 Å². The summed E-state index contributed by atoms with van der Waals surface area (Å²) in [7, 11) is 1.54. The van der Waals surface area contributed by atoms with Crippen molar-refractivity contribution in [1.29, 1.82) is 0 Å². The molecule has 0 atom stereocenters. The fourth-order valence-corrected chi connectivity index (χ4v) is 3.48. The van der Waals surface area contributed by atoms with Crippen LogP contribution < -0.4 is 5.32 Å². The van der Waals surface area contributed by atoms with Crippen LogP contribution in [0.15, 0.2) is 60.8 Å². The van der Waals surface area contributed by atoms with E-state index in [-0.39, 0.29) is 29.0 Å². The number of pyridine rings is 1. The molecule has 5 nitrogen and oxygen atoms in total. The van der Waals surface area contributed by atoms with Crippen LogP contribution in [0.4, 0.5) is 26.3 Å². The molecule has 1 N–H and O–H groups in total. The molecule has 11 heteroatoms. The molecule has 0 aliphatic carbocycles. The molecule has 0 bridgehead atoms. The number of halogens is 6. The summed E-state index contributed by atoms with van der Waals surface area (Å²) >= 11 is 0. The molecule has 176 valence electrons. The Kier molecular flexibility index (Phi) is 5.80. The molecule has 0 spiro atoms. The molecule has 2 aromatic heterocycles. The third-order valence-corrected chi connectivity index (χ3v) is 5.19. The van der Waals surface area contributed by atoms with Crippen LogP contribution in [0.2, 0.25) is 0 Å². The second-order valence-electron chi connectivity index (χ2n) is 7.48. The molecule has 0 saturated carbocycles. The number of rotatable bonds is 4. The highest BCUT2D eigenvalue weighted by atomic mass is 19.4. The van der Waals surface area contributed by atoms with Gasteiger partial charge in [-0.3, -0.25) is 9.48 Å². The van der Waals surface area contributed by atoms with Crippen molar-refractivity contribution in [3.05, 3.63) is 83.0 Å². The zero-order valence-corrected chi connectivity index (χ0v) is 17.5. The van der Waals surface area contributed by atoms with Crippen molar-refractivity contribution in [2.45, 2.75) is 18.9 Å². The van der Waals surface area contributed by atoms with Crippen molar-refractivity contribution in [2.75, 3.05) is 0 Å². The number of alkyl halides is 6. The van der Waals surface area contributed by atoms with E-state index < -0.39 is 29.4 Å². The molecule has 4 aromatic rings. The summed E-state index contributed by atoms with van der Waals surface area (Å²) in [5, 5.41) is 6.95. The largest absolute Gasteiger partial charge is 0.417 e. The molecule has 0 aliphatic rings. The lowest BCUT2D eigenvalue weighted by molar-refractivity contribution is -0.138. The number of hydrogen-bond donors (Lipinski definition) is 1. The Balaban J connectivity index is 1.69. The summed E-state index contributed by atoms with van der Waals surface area (Å²) in [4.78, 5) is 17.2. The predicted molar refractivity (Wildman–Crippen MR) is 112 cm³/mol. The molecule has 0 aliphatic heterocycles. The number of aryl methyl sites for hydroxylation is 1. The first-order chi connectivity index (χ1) is 15.9. The third kappa shape index (κ3) is 4.59. The van der Waals surface area contributed by atoms with Gasteiger partial charge >= 0.3 is 12.4 Å². The highest BCUT2D eigenvalue weighted by Crippen LogP contribution is 2.37. The second-order valence-corrected chi connectivity index (χ2v) is 7.48. The van der Waals surface area contributed by atoms with E-state index in [4.69, 9.17) is 0 Å². The number of fused-ring (bicyclic) bond motifs is 1. The van der Waals surface area contributed by atoms with Crippen molar-refractivity contribution in [3.8, 4) is 11.3 Å².